The Morgan fingerprint density at radius 3 is 2.42 bits per heavy atom. The predicted molar refractivity (Wildman–Crippen MR) is 71.7 cm³/mol. The van der Waals surface area contributed by atoms with E-state index in [2.05, 4.69) is 5.32 Å². The molecule has 0 aromatic heterocycles. The summed E-state index contributed by atoms with van der Waals surface area (Å²) in [6, 6.07) is 3.59. The zero-order valence-electron chi connectivity index (χ0n) is 10.8. The molecular weight excluding hydrogens is 270 g/mol. The first-order chi connectivity index (χ1) is 8.90. The van der Waals surface area contributed by atoms with E-state index < -0.39 is 5.97 Å². The number of aryl methyl sites for hydroxylation is 2. The molecule has 0 spiro atoms. The van der Waals surface area contributed by atoms with Gasteiger partial charge in [0.2, 0.25) is 5.91 Å². The molecule has 0 unspecified atom stereocenters. The average molecular weight is 286 g/mol. The number of halogens is 1. The number of ether oxygens (including phenoxy) is 1. The summed E-state index contributed by atoms with van der Waals surface area (Å²) < 4.78 is 5.43. The Kier molecular flexibility index (Phi) is 5.63. The third-order valence-corrected chi connectivity index (χ3v) is 3.04. The lowest BCUT2D eigenvalue weighted by Gasteiger charge is -2.09. The Morgan fingerprint density at radius 2 is 1.89 bits per heavy atom. The van der Waals surface area contributed by atoms with E-state index in [1.165, 1.54) is 0 Å². The lowest BCUT2D eigenvalue weighted by molar-refractivity contribution is -0.138. The lowest BCUT2D eigenvalue weighted by Crippen LogP contribution is -2.30. The van der Waals surface area contributed by atoms with Gasteiger partial charge in [-0.1, -0.05) is 11.6 Å². The molecule has 1 rings (SSSR count). The third kappa shape index (κ3) is 5.18. The van der Waals surface area contributed by atoms with Gasteiger partial charge in [0.05, 0.1) is 13.0 Å². The van der Waals surface area contributed by atoms with Gasteiger partial charge in [-0.25, -0.2) is 0 Å². The molecule has 104 valence electrons. The standard InChI is InChI=1S/C13H16ClNO4/c1-8-5-10(6-9(2)13(8)14)19-4-3-11(16)15-7-12(17)18/h5-6H,3-4,7H2,1-2H3,(H,15,16)(H,17,18). The second-order valence-electron chi connectivity index (χ2n) is 4.14. The van der Waals surface area contributed by atoms with E-state index in [1.807, 2.05) is 13.8 Å². The summed E-state index contributed by atoms with van der Waals surface area (Å²) in [6.07, 6.45) is 0.105. The number of carbonyl (C=O) groups is 2. The highest BCUT2D eigenvalue weighted by Crippen LogP contribution is 2.25. The summed E-state index contributed by atoms with van der Waals surface area (Å²) in [5.74, 6) is -0.784. The summed E-state index contributed by atoms with van der Waals surface area (Å²) in [5.41, 5.74) is 1.82. The van der Waals surface area contributed by atoms with Crippen LogP contribution in [0.5, 0.6) is 5.75 Å². The van der Waals surface area contributed by atoms with Gasteiger partial charge in [-0.3, -0.25) is 9.59 Å². The van der Waals surface area contributed by atoms with Crippen LogP contribution in [0, 0.1) is 13.8 Å². The highest BCUT2D eigenvalue weighted by molar-refractivity contribution is 6.32. The first-order valence-electron chi connectivity index (χ1n) is 5.78. The fraction of sp³-hybridized carbons (Fsp3) is 0.385. The van der Waals surface area contributed by atoms with Gasteiger partial charge in [0, 0.05) is 5.02 Å². The minimum absolute atomic E-state index is 0.105. The van der Waals surface area contributed by atoms with Gasteiger partial charge in [-0.15, -0.1) is 0 Å². The van der Waals surface area contributed by atoms with E-state index >= 15 is 0 Å². The average Bonchev–Trinajstić information content (AvgIpc) is 2.33. The summed E-state index contributed by atoms with van der Waals surface area (Å²) in [4.78, 5) is 21.5. The number of carboxylic acids is 1. The number of benzene rings is 1. The Balaban J connectivity index is 2.41. The van der Waals surface area contributed by atoms with Crippen LogP contribution >= 0.6 is 11.6 Å². The molecule has 0 aliphatic rings. The van der Waals surface area contributed by atoms with Crippen LogP contribution in [0.4, 0.5) is 0 Å². The van der Waals surface area contributed by atoms with E-state index in [9.17, 15) is 9.59 Å². The molecule has 0 bridgehead atoms. The zero-order valence-corrected chi connectivity index (χ0v) is 11.6. The van der Waals surface area contributed by atoms with Crippen LogP contribution < -0.4 is 10.1 Å². The number of carbonyl (C=O) groups excluding carboxylic acids is 1. The van der Waals surface area contributed by atoms with Crippen LogP contribution in [0.3, 0.4) is 0 Å². The highest BCUT2D eigenvalue weighted by atomic mass is 35.5. The summed E-state index contributed by atoms with van der Waals surface area (Å²) >= 11 is 6.03. The molecule has 1 aromatic rings. The number of hydrogen-bond donors (Lipinski definition) is 2. The summed E-state index contributed by atoms with van der Waals surface area (Å²) in [6.45, 7) is 3.56. The molecule has 6 heteroatoms. The zero-order chi connectivity index (χ0) is 14.4. The van der Waals surface area contributed by atoms with Gasteiger partial charge in [0.1, 0.15) is 12.3 Å². The van der Waals surface area contributed by atoms with Crippen molar-refractivity contribution < 1.29 is 19.4 Å². The molecule has 0 atom stereocenters. The van der Waals surface area contributed by atoms with Crippen LogP contribution in [0.1, 0.15) is 17.5 Å². The van der Waals surface area contributed by atoms with Crippen molar-refractivity contribution >= 4 is 23.5 Å². The molecule has 2 N–H and O–H groups in total. The van der Waals surface area contributed by atoms with Crippen molar-refractivity contribution in [2.45, 2.75) is 20.3 Å². The van der Waals surface area contributed by atoms with Gasteiger partial charge >= 0.3 is 5.97 Å². The van der Waals surface area contributed by atoms with Gasteiger partial charge in [-0.05, 0) is 37.1 Å². The number of aliphatic carboxylic acids is 1. The fourth-order valence-electron chi connectivity index (χ4n) is 1.51. The van der Waals surface area contributed by atoms with E-state index in [0.29, 0.717) is 10.8 Å². The number of rotatable bonds is 6. The SMILES string of the molecule is Cc1cc(OCCC(=O)NCC(=O)O)cc(C)c1Cl. The molecule has 5 nitrogen and oxygen atoms in total. The fourth-order valence-corrected chi connectivity index (χ4v) is 1.62. The van der Waals surface area contributed by atoms with Gasteiger partial charge in [0.25, 0.3) is 0 Å². The maximum atomic E-state index is 11.3. The maximum Gasteiger partial charge on any atom is 0.322 e. The molecule has 0 saturated heterocycles. The monoisotopic (exact) mass is 285 g/mol. The molecular formula is C13H16ClNO4. The van der Waals surface area contributed by atoms with Crippen molar-refractivity contribution in [3.8, 4) is 5.75 Å². The van der Waals surface area contributed by atoms with E-state index in [0.717, 1.165) is 11.1 Å². The number of hydrogen-bond acceptors (Lipinski definition) is 3. The molecule has 1 amide bonds. The van der Waals surface area contributed by atoms with Gasteiger partial charge < -0.3 is 15.2 Å². The second kappa shape index (κ2) is 6.99. The first kappa shape index (κ1) is 15.3. The Morgan fingerprint density at radius 1 is 1.32 bits per heavy atom. The van der Waals surface area contributed by atoms with E-state index in [4.69, 9.17) is 21.4 Å². The molecule has 0 fully saturated rings. The third-order valence-electron chi connectivity index (χ3n) is 2.44. The number of amides is 1. The first-order valence-corrected chi connectivity index (χ1v) is 6.16. The van der Waals surface area contributed by atoms with Crippen LogP contribution in [-0.4, -0.2) is 30.1 Å². The van der Waals surface area contributed by atoms with E-state index in [-0.39, 0.29) is 25.5 Å². The molecule has 0 aliphatic heterocycles. The van der Waals surface area contributed by atoms with Crippen molar-refractivity contribution in [3.05, 3.63) is 28.3 Å². The molecule has 19 heavy (non-hydrogen) atoms. The predicted octanol–water partition coefficient (Wildman–Crippen LogP) is 1.93. The van der Waals surface area contributed by atoms with Crippen molar-refractivity contribution in [1.29, 1.82) is 0 Å². The van der Waals surface area contributed by atoms with Crippen LogP contribution in [0.2, 0.25) is 5.02 Å². The Hall–Kier alpha value is -1.75. The summed E-state index contributed by atoms with van der Waals surface area (Å²) in [5, 5.41) is 11.4. The maximum absolute atomic E-state index is 11.3. The van der Waals surface area contributed by atoms with Crippen molar-refractivity contribution in [1.82, 2.24) is 5.32 Å². The molecule has 0 aliphatic carbocycles. The van der Waals surface area contributed by atoms with Crippen molar-refractivity contribution in [2.24, 2.45) is 0 Å². The molecule has 0 radical (unpaired) electrons. The van der Waals surface area contributed by atoms with Crippen molar-refractivity contribution in [3.63, 3.8) is 0 Å². The second-order valence-corrected chi connectivity index (χ2v) is 4.52. The Labute approximate surface area is 116 Å². The molecule has 0 heterocycles. The van der Waals surface area contributed by atoms with E-state index in [1.54, 1.807) is 12.1 Å². The Bertz CT molecular complexity index is 465. The lowest BCUT2D eigenvalue weighted by atomic mass is 10.1. The number of carboxylic acid groups (broad SMARTS) is 1. The van der Waals surface area contributed by atoms with Crippen LogP contribution in [0.25, 0.3) is 0 Å². The number of nitrogens with one attached hydrogen (secondary N) is 1. The van der Waals surface area contributed by atoms with Crippen molar-refractivity contribution in [2.75, 3.05) is 13.2 Å². The molecule has 0 saturated carbocycles. The molecule has 1 aromatic carbocycles. The minimum atomic E-state index is -1.07. The van der Waals surface area contributed by atoms with Gasteiger partial charge in [0.15, 0.2) is 0 Å². The van der Waals surface area contributed by atoms with Crippen LogP contribution in [-0.2, 0) is 9.59 Å². The smallest absolute Gasteiger partial charge is 0.322 e. The minimum Gasteiger partial charge on any atom is -0.493 e. The largest absolute Gasteiger partial charge is 0.493 e. The van der Waals surface area contributed by atoms with Crippen LogP contribution in [0.15, 0.2) is 12.1 Å². The van der Waals surface area contributed by atoms with Gasteiger partial charge in [-0.2, -0.15) is 0 Å². The quantitative estimate of drug-likeness (QED) is 0.837. The highest BCUT2D eigenvalue weighted by Gasteiger charge is 2.06. The summed E-state index contributed by atoms with van der Waals surface area (Å²) in [7, 11) is 0. The normalized spacial score (nSPS) is 10.1. The topological polar surface area (TPSA) is 75.6 Å².